The third-order valence-corrected chi connectivity index (χ3v) is 5.19. The lowest BCUT2D eigenvalue weighted by Gasteiger charge is -2.24. The Kier molecular flexibility index (Phi) is 5.16. The Hall–Kier alpha value is -1.92. The quantitative estimate of drug-likeness (QED) is 0.903. The highest BCUT2D eigenvalue weighted by Gasteiger charge is 2.31. The van der Waals surface area contributed by atoms with Crippen LogP contribution in [0.4, 0.5) is 0 Å². The highest BCUT2D eigenvalue weighted by Crippen LogP contribution is 2.32. The average molecular weight is 346 g/mol. The number of ether oxygens (including phenoxy) is 1. The number of para-hydroxylation sites is 1. The van der Waals surface area contributed by atoms with Crippen molar-refractivity contribution < 1.29 is 14.6 Å². The summed E-state index contributed by atoms with van der Waals surface area (Å²) in [6, 6.07) is 7.77. The number of nitrogens with zero attached hydrogens (tertiary/aromatic N) is 2. The number of aliphatic hydroxyl groups is 1. The molecule has 0 bridgehead atoms. The second-order valence-corrected chi connectivity index (χ2v) is 6.98. The molecule has 1 saturated heterocycles. The summed E-state index contributed by atoms with van der Waals surface area (Å²) in [6.45, 7) is 2.50. The topological polar surface area (TPSA) is 62.7 Å². The van der Waals surface area contributed by atoms with Crippen LogP contribution < -0.4 is 4.74 Å². The molecule has 1 amide bonds. The van der Waals surface area contributed by atoms with Crippen LogP contribution in [0.5, 0.6) is 5.75 Å². The van der Waals surface area contributed by atoms with Gasteiger partial charge in [0.1, 0.15) is 16.5 Å². The second kappa shape index (κ2) is 7.32. The molecule has 24 heavy (non-hydrogen) atoms. The van der Waals surface area contributed by atoms with E-state index in [2.05, 4.69) is 4.98 Å². The van der Waals surface area contributed by atoms with Crippen molar-refractivity contribution in [1.29, 1.82) is 0 Å². The van der Waals surface area contributed by atoms with Gasteiger partial charge in [-0.15, -0.1) is 11.3 Å². The van der Waals surface area contributed by atoms with E-state index in [4.69, 9.17) is 4.74 Å². The summed E-state index contributed by atoms with van der Waals surface area (Å²) in [5.74, 6) is 0.703. The van der Waals surface area contributed by atoms with E-state index >= 15 is 0 Å². The number of aliphatic hydroxyl groups excluding tert-OH is 1. The number of rotatable bonds is 5. The zero-order valence-corrected chi connectivity index (χ0v) is 14.8. The van der Waals surface area contributed by atoms with Gasteiger partial charge in [-0.1, -0.05) is 12.1 Å². The predicted octanol–water partition coefficient (Wildman–Crippen LogP) is 3.19. The Labute approximate surface area is 145 Å². The lowest BCUT2D eigenvalue weighted by molar-refractivity contribution is 0.0677. The molecule has 1 N–H and O–H groups in total. The number of thiazole rings is 1. The number of likely N-dealkylation sites (tertiary alicyclic amines) is 1. The predicted molar refractivity (Wildman–Crippen MR) is 94.5 cm³/mol. The molecule has 1 fully saturated rings. The smallest absolute Gasteiger partial charge is 0.273 e. The third kappa shape index (κ3) is 3.44. The second-order valence-electron chi connectivity index (χ2n) is 6.12. The van der Waals surface area contributed by atoms with Crippen LogP contribution >= 0.6 is 11.3 Å². The van der Waals surface area contributed by atoms with Crippen molar-refractivity contribution in [2.24, 2.45) is 0 Å². The summed E-state index contributed by atoms with van der Waals surface area (Å²) in [5.41, 5.74) is 1.37. The standard InChI is InChI=1S/C18H22N2O3S/c1-12(21)10-13-6-5-9-20(13)18(22)15-11-24-17(19-15)14-7-3-4-8-16(14)23-2/h3-4,7-8,11-13,21H,5-6,9-10H2,1-2H3. The Bertz CT molecular complexity index is 714. The fourth-order valence-electron chi connectivity index (χ4n) is 3.21. The summed E-state index contributed by atoms with van der Waals surface area (Å²) in [4.78, 5) is 19.2. The zero-order chi connectivity index (χ0) is 17.1. The molecule has 6 heteroatoms. The number of benzene rings is 1. The molecule has 0 spiro atoms. The minimum absolute atomic E-state index is 0.0458. The fourth-order valence-corrected chi connectivity index (χ4v) is 4.03. The number of carbonyl (C=O) groups is 1. The Morgan fingerprint density at radius 1 is 1.50 bits per heavy atom. The van der Waals surface area contributed by atoms with Crippen LogP contribution in [0.2, 0.25) is 0 Å². The first kappa shape index (κ1) is 16.9. The first-order valence-electron chi connectivity index (χ1n) is 8.18. The van der Waals surface area contributed by atoms with Gasteiger partial charge in [0.05, 0.1) is 18.8 Å². The van der Waals surface area contributed by atoms with Crippen LogP contribution in [-0.4, -0.2) is 46.7 Å². The minimum Gasteiger partial charge on any atom is -0.496 e. The van der Waals surface area contributed by atoms with Gasteiger partial charge in [0.2, 0.25) is 0 Å². The highest BCUT2D eigenvalue weighted by molar-refractivity contribution is 7.13. The first-order valence-corrected chi connectivity index (χ1v) is 9.06. The van der Waals surface area contributed by atoms with E-state index in [9.17, 15) is 9.90 Å². The van der Waals surface area contributed by atoms with Crippen LogP contribution in [0.15, 0.2) is 29.6 Å². The van der Waals surface area contributed by atoms with E-state index in [0.717, 1.165) is 35.7 Å². The third-order valence-electron chi connectivity index (χ3n) is 4.31. The monoisotopic (exact) mass is 346 g/mol. The van der Waals surface area contributed by atoms with Crippen molar-refractivity contribution in [3.8, 4) is 16.3 Å². The number of hydrogen-bond donors (Lipinski definition) is 1. The van der Waals surface area contributed by atoms with Crippen LogP contribution in [-0.2, 0) is 0 Å². The molecule has 5 nitrogen and oxygen atoms in total. The van der Waals surface area contributed by atoms with Crippen molar-refractivity contribution in [3.05, 3.63) is 35.3 Å². The van der Waals surface area contributed by atoms with Gasteiger partial charge in [-0.05, 0) is 38.3 Å². The maximum atomic E-state index is 12.8. The van der Waals surface area contributed by atoms with Gasteiger partial charge in [0, 0.05) is 18.0 Å². The van der Waals surface area contributed by atoms with E-state index in [0.29, 0.717) is 12.1 Å². The van der Waals surface area contributed by atoms with Crippen molar-refractivity contribution in [1.82, 2.24) is 9.88 Å². The molecular weight excluding hydrogens is 324 g/mol. The van der Waals surface area contributed by atoms with Crippen LogP contribution in [0.3, 0.4) is 0 Å². The number of carbonyl (C=O) groups excluding carboxylic acids is 1. The van der Waals surface area contributed by atoms with Crippen molar-refractivity contribution in [2.75, 3.05) is 13.7 Å². The number of hydrogen-bond acceptors (Lipinski definition) is 5. The van der Waals surface area contributed by atoms with Crippen LogP contribution in [0, 0.1) is 0 Å². The molecule has 2 unspecified atom stereocenters. The molecule has 2 heterocycles. The maximum Gasteiger partial charge on any atom is 0.273 e. The summed E-state index contributed by atoms with van der Waals surface area (Å²) in [5, 5.41) is 12.2. The molecule has 1 aliphatic heterocycles. The lowest BCUT2D eigenvalue weighted by Crippen LogP contribution is -2.37. The average Bonchev–Trinajstić information content (AvgIpc) is 3.23. The SMILES string of the molecule is COc1ccccc1-c1nc(C(=O)N2CCCC2CC(C)O)cs1. The summed E-state index contributed by atoms with van der Waals surface area (Å²) >= 11 is 1.45. The molecule has 0 aliphatic carbocycles. The maximum absolute atomic E-state index is 12.8. The van der Waals surface area contributed by atoms with E-state index in [1.165, 1.54) is 11.3 Å². The van der Waals surface area contributed by atoms with Crippen molar-refractivity contribution in [2.45, 2.75) is 38.3 Å². The molecular formula is C18H22N2O3S. The zero-order valence-electron chi connectivity index (χ0n) is 13.9. The van der Waals surface area contributed by atoms with Gasteiger partial charge in [0.15, 0.2) is 0 Å². The van der Waals surface area contributed by atoms with Crippen LogP contribution in [0.25, 0.3) is 10.6 Å². The van der Waals surface area contributed by atoms with Crippen LogP contribution in [0.1, 0.15) is 36.7 Å². The molecule has 1 aromatic heterocycles. The van der Waals surface area contributed by atoms with Crippen molar-refractivity contribution in [3.63, 3.8) is 0 Å². The number of aromatic nitrogens is 1. The Morgan fingerprint density at radius 3 is 3.04 bits per heavy atom. The molecule has 128 valence electrons. The fraction of sp³-hybridized carbons (Fsp3) is 0.444. The summed E-state index contributed by atoms with van der Waals surface area (Å²) in [7, 11) is 1.63. The van der Waals surface area contributed by atoms with E-state index < -0.39 is 6.10 Å². The summed E-state index contributed by atoms with van der Waals surface area (Å²) < 4.78 is 5.37. The van der Waals surface area contributed by atoms with Gasteiger partial charge in [0.25, 0.3) is 5.91 Å². The minimum atomic E-state index is -0.400. The molecule has 1 aliphatic rings. The van der Waals surface area contributed by atoms with E-state index in [1.54, 1.807) is 14.0 Å². The number of methoxy groups -OCH3 is 1. The molecule has 0 radical (unpaired) electrons. The number of amides is 1. The van der Waals surface area contributed by atoms with Gasteiger partial charge >= 0.3 is 0 Å². The van der Waals surface area contributed by atoms with Gasteiger partial charge in [-0.3, -0.25) is 4.79 Å². The van der Waals surface area contributed by atoms with Gasteiger partial charge < -0.3 is 14.7 Å². The molecule has 1 aromatic carbocycles. The summed E-state index contributed by atoms with van der Waals surface area (Å²) in [6.07, 6.45) is 2.14. The molecule has 2 aromatic rings. The van der Waals surface area contributed by atoms with Gasteiger partial charge in [-0.2, -0.15) is 0 Å². The first-order chi connectivity index (χ1) is 11.6. The highest BCUT2D eigenvalue weighted by atomic mass is 32.1. The largest absolute Gasteiger partial charge is 0.496 e. The molecule has 0 saturated carbocycles. The van der Waals surface area contributed by atoms with Crippen molar-refractivity contribution >= 4 is 17.2 Å². The molecule has 2 atom stereocenters. The Balaban J connectivity index is 1.81. The van der Waals surface area contributed by atoms with Gasteiger partial charge in [-0.25, -0.2) is 4.98 Å². The Morgan fingerprint density at radius 2 is 2.29 bits per heavy atom. The lowest BCUT2D eigenvalue weighted by atomic mass is 10.1. The van der Waals surface area contributed by atoms with E-state index in [1.807, 2.05) is 34.5 Å². The van der Waals surface area contributed by atoms with E-state index in [-0.39, 0.29) is 11.9 Å². The normalized spacial score (nSPS) is 18.6. The molecule has 3 rings (SSSR count).